The van der Waals surface area contributed by atoms with Crippen LogP contribution in [0.3, 0.4) is 0 Å². The van der Waals surface area contributed by atoms with Gasteiger partial charge in [0.25, 0.3) is 0 Å². The minimum Gasteiger partial charge on any atom is -0.467 e. The van der Waals surface area contributed by atoms with Crippen LogP contribution >= 0.6 is 23.1 Å². The third-order valence-electron chi connectivity index (χ3n) is 4.90. The Kier molecular flexibility index (Phi) is 6.89. The number of rotatable bonds is 9. The summed E-state index contributed by atoms with van der Waals surface area (Å²) in [5.74, 6) is 1.08. The summed E-state index contributed by atoms with van der Waals surface area (Å²) >= 11 is 3.11. The highest BCUT2D eigenvalue weighted by molar-refractivity contribution is 7.99. The van der Waals surface area contributed by atoms with Gasteiger partial charge in [-0.3, -0.25) is 9.36 Å². The first-order valence-corrected chi connectivity index (χ1v) is 11.9. The van der Waals surface area contributed by atoms with Gasteiger partial charge in [-0.05, 0) is 49.2 Å². The third-order valence-corrected chi connectivity index (χ3v) is 6.81. The van der Waals surface area contributed by atoms with Gasteiger partial charge in [0.15, 0.2) is 5.16 Å². The lowest BCUT2D eigenvalue weighted by Crippen LogP contribution is -2.31. The van der Waals surface area contributed by atoms with Crippen LogP contribution in [-0.4, -0.2) is 31.3 Å². The number of carbonyl (C=O) groups is 1. The maximum Gasteiger partial charge on any atom is 0.233 e. The van der Waals surface area contributed by atoms with Crippen molar-refractivity contribution in [3.8, 4) is 5.69 Å². The molecule has 0 saturated heterocycles. The van der Waals surface area contributed by atoms with Gasteiger partial charge in [-0.15, -0.1) is 21.5 Å². The molecule has 4 rings (SSSR count). The highest BCUT2D eigenvalue weighted by Crippen LogP contribution is 2.24. The summed E-state index contributed by atoms with van der Waals surface area (Å²) in [7, 11) is 0. The zero-order chi connectivity index (χ0) is 21.6. The van der Waals surface area contributed by atoms with Crippen molar-refractivity contribution < 1.29 is 9.21 Å². The Labute approximate surface area is 189 Å². The highest BCUT2D eigenvalue weighted by atomic mass is 32.2. The van der Waals surface area contributed by atoms with Gasteiger partial charge in [0, 0.05) is 9.75 Å². The lowest BCUT2D eigenvalue weighted by Gasteiger charge is -2.21. The number of benzene rings is 1. The molecule has 0 aliphatic heterocycles. The van der Waals surface area contributed by atoms with Crippen molar-refractivity contribution in [2.75, 3.05) is 5.75 Å². The number of thiophene rings is 1. The largest absolute Gasteiger partial charge is 0.467 e. The van der Waals surface area contributed by atoms with Crippen molar-refractivity contribution in [2.24, 2.45) is 0 Å². The van der Waals surface area contributed by atoms with E-state index in [1.807, 2.05) is 33.7 Å². The first-order valence-electron chi connectivity index (χ1n) is 10.1. The molecule has 0 unspecified atom stereocenters. The number of nitrogens with zero attached hydrogens (tertiary/aromatic N) is 4. The average Bonchev–Trinajstić information content (AvgIpc) is 3.54. The highest BCUT2D eigenvalue weighted by Gasteiger charge is 2.19. The topological polar surface area (TPSA) is 64.2 Å². The van der Waals surface area contributed by atoms with E-state index in [9.17, 15) is 4.79 Å². The van der Waals surface area contributed by atoms with E-state index in [-0.39, 0.29) is 11.7 Å². The fourth-order valence-electron chi connectivity index (χ4n) is 3.33. The van der Waals surface area contributed by atoms with E-state index in [0.717, 1.165) is 22.7 Å². The Balaban J connectivity index is 1.48. The predicted molar refractivity (Wildman–Crippen MR) is 123 cm³/mol. The summed E-state index contributed by atoms with van der Waals surface area (Å²) in [4.78, 5) is 17.4. The molecule has 0 N–H and O–H groups in total. The lowest BCUT2D eigenvalue weighted by molar-refractivity contribution is -0.129. The van der Waals surface area contributed by atoms with Crippen LogP contribution in [0, 0.1) is 6.92 Å². The Hall–Kier alpha value is -2.84. The van der Waals surface area contributed by atoms with Crippen LogP contribution in [0.2, 0.25) is 0 Å². The van der Waals surface area contributed by atoms with Gasteiger partial charge in [0.05, 0.1) is 30.8 Å². The quantitative estimate of drug-likeness (QED) is 0.330. The number of para-hydroxylation sites is 1. The summed E-state index contributed by atoms with van der Waals surface area (Å²) in [5, 5.41) is 9.04. The maximum atomic E-state index is 13.2. The standard InChI is InChI=1S/C23H24N4O2S2/c1-3-18-7-4-5-9-21(18)27-16-24-25-23(27)30-15-22(28)26(13-19-8-6-12-29-19)14-20-11-10-17(2)31-20/h4-12,16H,3,13-15H2,1-2H3. The van der Waals surface area contributed by atoms with E-state index in [2.05, 4.69) is 48.3 Å². The van der Waals surface area contributed by atoms with E-state index >= 15 is 0 Å². The number of amides is 1. The van der Waals surface area contributed by atoms with Gasteiger partial charge in [-0.2, -0.15) is 0 Å². The molecule has 0 atom stereocenters. The average molecular weight is 453 g/mol. The molecule has 0 spiro atoms. The molecule has 0 fully saturated rings. The van der Waals surface area contributed by atoms with Crippen molar-refractivity contribution in [1.29, 1.82) is 0 Å². The summed E-state index contributed by atoms with van der Waals surface area (Å²) < 4.78 is 7.44. The molecule has 0 radical (unpaired) electrons. The molecule has 4 aromatic rings. The molecule has 6 nitrogen and oxygen atoms in total. The molecule has 8 heteroatoms. The van der Waals surface area contributed by atoms with Crippen molar-refractivity contribution in [3.63, 3.8) is 0 Å². The molecule has 0 aliphatic carbocycles. The van der Waals surface area contributed by atoms with Crippen LogP contribution in [-0.2, 0) is 24.3 Å². The molecule has 0 aliphatic rings. The Morgan fingerprint density at radius 3 is 2.77 bits per heavy atom. The van der Waals surface area contributed by atoms with Gasteiger partial charge >= 0.3 is 0 Å². The van der Waals surface area contributed by atoms with Crippen LogP contribution in [0.4, 0.5) is 0 Å². The molecule has 160 valence electrons. The monoisotopic (exact) mass is 452 g/mol. The number of hydrogen-bond acceptors (Lipinski definition) is 6. The van der Waals surface area contributed by atoms with E-state index in [1.54, 1.807) is 23.9 Å². The minimum atomic E-state index is 0.0331. The van der Waals surface area contributed by atoms with Crippen molar-refractivity contribution in [2.45, 2.75) is 38.5 Å². The van der Waals surface area contributed by atoms with Crippen molar-refractivity contribution in [1.82, 2.24) is 19.7 Å². The summed E-state index contributed by atoms with van der Waals surface area (Å²) in [6, 6.07) is 16.1. The molecule has 0 bridgehead atoms. The van der Waals surface area contributed by atoms with E-state index < -0.39 is 0 Å². The van der Waals surface area contributed by atoms with Crippen molar-refractivity contribution in [3.05, 3.63) is 82.2 Å². The van der Waals surface area contributed by atoms with Gasteiger partial charge < -0.3 is 9.32 Å². The molecular weight excluding hydrogens is 428 g/mol. The number of thioether (sulfide) groups is 1. The van der Waals surface area contributed by atoms with Crippen LogP contribution < -0.4 is 0 Å². The van der Waals surface area contributed by atoms with Gasteiger partial charge in [-0.1, -0.05) is 36.9 Å². The zero-order valence-electron chi connectivity index (χ0n) is 17.5. The first-order chi connectivity index (χ1) is 15.1. The van der Waals surface area contributed by atoms with E-state index in [1.165, 1.54) is 22.2 Å². The molecule has 3 heterocycles. The zero-order valence-corrected chi connectivity index (χ0v) is 19.2. The number of furan rings is 1. The SMILES string of the molecule is CCc1ccccc1-n1cnnc1SCC(=O)N(Cc1ccco1)Cc1ccc(C)s1. The molecule has 3 aromatic heterocycles. The number of hydrogen-bond donors (Lipinski definition) is 0. The maximum absolute atomic E-state index is 13.2. The van der Waals surface area contributed by atoms with E-state index in [0.29, 0.717) is 18.2 Å². The van der Waals surface area contributed by atoms with Crippen LogP contribution in [0.5, 0.6) is 0 Å². The van der Waals surface area contributed by atoms with Crippen molar-refractivity contribution >= 4 is 29.0 Å². The molecular formula is C23H24N4O2S2. The fourth-order valence-corrected chi connectivity index (χ4v) is 5.06. The summed E-state index contributed by atoms with van der Waals surface area (Å²) in [5.41, 5.74) is 2.26. The Morgan fingerprint density at radius 2 is 2.03 bits per heavy atom. The second kappa shape index (κ2) is 9.98. The van der Waals surface area contributed by atoms with Gasteiger partial charge in [0.1, 0.15) is 12.1 Å². The van der Waals surface area contributed by atoms with Crippen LogP contribution in [0.25, 0.3) is 5.69 Å². The Bertz CT molecular complexity index is 1130. The smallest absolute Gasteiger partial charge is 0.233 e. The summed E-state index contributed by atoms with van der Waals surface area (Å²) in [6.45, 7) is 5.20. The summed E-state index contributed by atoms with van der Waals surface area (Å²) in [6.07, 6.45) is 4.25. The number of aryl methyl sites for hydroxylation is 2. The number of aromatic nitrogens is 3. The minimum absolute atomic E-state index is 0.0331. The molecule has 0 saturated carbocycles. The van der Waals surface area contributed by atoms with Gasteiger partial charge in [0.2, 0.25) is 5.91 Å². The normalized spacial score (nSPS) is 11.0. The second-order valence-electron chi connectivity index (χ2n) is 7.10. The first kappa shape index (κ1) is 21.4. The van der Waals surface area contributed by atoms with Crippen LogP contribution in [0.1, 0.15) is 28.0 Å². The molecule has 31 heavy (non-hydrogen) atoms. The van der Waals surface area contributed by atoms with E-state index in [4.69, 9.17) is 4.42 Å². The molecule has 1 aromatic carbocycles. The second-order valence-corrected chi connectivity index (χ2v) is 9.41. The predicted octanol–water partition coefficient (Wildman–Crippen LogP) is 5.11. The number of carbonyl (C=O) groups excluding carboxylic acids is 1. The lowest BCUT2D eigenvalue weighted by atomic mass is 10.1. The Morgan fingerprint density at radius 1 is 1.16 bits per heavy atom. The fraction of sp³-hybridized carbons (Fsp3) is 0.261. The van der Waals surface area contributed by atoms with Crippen LogP contribution in [0.15, 0.2) is 70.7 Å². The third kappa shape index (κ3) is 5.26. The van der Waals surface area contributed by atoms with Gasteiger partial charge in [-0.25, -0.2) is 0 Å². The molecule has 1 amide bonds.